The molecule has 0 aliphatic carbocycles. The van der Waals surface area contributed by atoms with Gasteiger partial charge in [0, 0.05) is 37.7 Å². The molecule has 0 aromatic heterocycles. The lowest BCUT2D eigenvalue weighted by molar-refractivity contribution is -0.120. The van der Waals surface area contributed by atoms with Crippen LogP contribution in [0.3, 0.4) is 0 Å². The Hall–Kier alpha value is -2.03. The van der Waals surface area contributed by atoms with Gasteiger partial charge in [-0.05, 0) is 25.2 Å². The van der Waals surface area contributed by atoms with Gasteiger partial charge in [0.25, 0.3) is 0 Å². The zero-order valence-electron chi connectivity index (χ0n) is 12.9. The van der Waals surface area contributed by atoms with Gasteiger partial charge >= 0.3 is 0 Å². The van der Waals surface area contributed by atoms with E-state index >= 15 is 0 Å². The average Bonchev–Trinajstić information content (AvgIpc) is 2.50. The van der Waals surface area contributed by atoms with Crippen LogP contribution in [-0.2, 0) is 11.3 Å². The number of methoxy groups -OCH3 is 1. The highest BCUT2D eigenvalue weighted by atomic mass is 16.5. The number of hydrogen-bond acceptors (Lipinski definition) is 4. The molecule has 5 heteroatoms. The van der Waals surface area contributed by atoms with E-state index in [4.69, 9.17) is 10.5 Å². The van der Waals surface area contributed by atoms with Crippen molar-refractivity contribution in [2.45, 2.75) is 13.0 Å². The van der Waals surface area contributed by atoms with Gasteiger partial charge in [0.05, 0.1) is 13.7 Å². The Morgan fingerprint density at radius 1 is 1.48 bits per heavy atom. The Labute approximate surface area is 126 Å². The fourth-order valence-electron chi connectivity index (χ4n) is 1.92. The lowest BCUT2D eigenvalue weighted by atomic mass is 10.1. The van der Waals surface area contributed by atoms with Crippen LogP contribution in [0.5, 0.6) is 5.75 Å². The first-order valence-corrected chi connectivity index (χ1v) is 6.85. The molecule has 1 aromatic carbocycles. The van der Waals surface area contributed by atoms with Crippen molar-refractivity contribution in [2.75, 3.05) is 34.3 Å². The minimum Gasteiger partial charge on any atom is -0.496 e. The molecule has 1 rings (SSSR count). The number of hydrogen-bond donors (Lipinski definition) is 2. The van der Waals surface area contributed by atoms with Gasteiger partial charge in [0.2, 0.25) is 5.91 Å². The first-order valence-electron chi connectivity index (χ1n) is 6.85. The summed E-state index contributed by atoms with van der Waals surface area (Å²) in [7, 11) is 5.26. The third-order valence-electron chi connectivity index (χ3n) is 3.05. The number of ether oxygens (including phenoxy) is 1. The first-order chi connectivity index (χ1) is 10.1. The molecule has 1 aromatic rings. The Morgan fingerprint density at radius 2 is 2.24 bits per heavy atom. The lowest BCUT2D eigenvalue weighted by Gasteiger charge is -2.18. The zero-order valence-corrected chi connectivity index (χ0v) is 12.9. The summed E-state index contributed by atoms with van der Waals surface area (Å²) in [6.45, 7) is 1.72. The summed E-state index contributed by atoms with van der Waals surface area (Å²) >= 11 is 0. The molecule has 0 radical (unpaired) electrons. The van der Waals surface area contributed by atoms with Gasteiger partial charge in [-0.3, -0.25) is 4.79 Å². The van der Waals surface area contributed by atoms with Gasteiger partial charge in [-0.15, -0.1) is 0 Å². The fourth-order valence-corrected chi connectivity index (χ4v) is 1.92. The van der Waals surface area contributed by atoms with Crippen molar-refractivity contribution in [1.82, 2.24) is 10.2 Å². The molecule has 0 heterocycles. The highest BCUT2D eigenvalue weighted by Gasteiger charge is 2.08. The minimum atomic E-state index is 0.0383. The van der Waals surface area contributed by atoms with Gasteiger partial charge in [-0.25, -0.2) is 0 Å². The van der Waals surface area contributed by atoms with E-state index in [0.717, 1.165) is 16.9 Å². The molecular weight excluding hydrogens is 266 g/mol. The molecule has 0 atom stereocenters. The predicted molar refractivity (Wildman–Crippen MR) is 83.9 cm³/mol. The Bertz CT molecular complexity index is 532. The summed E-state index contributed by atoms with van der Waals surface area (Å²) in [4.78, 5) is 13.3. The van der Waals surface area contributed by atoms with Crippen molar-refractivity contribution in [3.8, 4) is 17.6 Å². The fraction of sp³-hybridized carbons (Fsp3) is 0.438. The quantitative estimate of drug-likeness (QED) is 0.752. The summed E-state index contributed by atoms with van der Waals surface area (Å²) in [5.74, 6) is 6.71. The molecular formula is C16H23N3O2. The monoisotopic (exact) mass is 289 g/mol. The van der Waals surface area contributed by atoms with Crippen molar-refractivity contribution in [3.63, 3.8) is 0 Å². The van der Waals surface area contributed by atoms with E-state index < -0.39 is 0 Å². The van der Waals surface area contributed by atoms with Gasteiger partial charge in [0.15, 0.2) is 0 Å². The molecule has 0 aliphatic heterocycles. The molecule has 0 bridgehead atoms. The number of nitrogens with two attached hydrogens (primary N) is 1. The summed E-state index contributed by atoms with van der Waals surface area (Å²) in [5, 5.41) is 2.62. The van der Waals surface area contributed by atoms with Crippen LogP contribution in [0.15, 0.2) is 18.2 Å². The van der Waals surface area contributed by atoms with Gasteiger partial charge in [-0.1, -0.05) is 11.8 Å². The van der Waals surface area contributed by atoms with Gasteiger partial charge in [0.1, 0.15) is 5.75 Å². The van der Waals surface area contributed by atoms with E-state index in [-0.39, 0.29) is 5.91 Å². The number of rotatable bonds is 6. The highest BCUT2D eigenvalue weighted by molar-refractivity contribution is 5.75. The lowest BCUT2D eigenvalue weighted by Crippen LogP contribution is -2.26. The predicted octanol–water partition coefficient (Wildman–Crippen LogP) is 0.573. The number of nitrogens with zero attached hydrogens (tertiary/aromatic N) is 1. The van der Waals surface area contributed by atoms with Crippen LogP contribution in [0.4, 0.5) is 0 Å². The maximum absolute atomic E-state index is 11.3. The Kier molecular flexibility index (Phi) is 7.30. The van der Waals surface area contributed by atoms with Crippen molar-refractivity contribution >= 4 is 5.91 Å². The van der Waals surface area contributed by atoms with Gasteiger partial charge < -0.3 is 20.7 Å². The topological polar surface area (TPSA) is 67.6 Å². The van der Waals surface area contributed by atoms with Crippen LogP contribution in [0, 0.1) is 11.8 Å². The van der Waals surface area contributed by atoms with E-state index in [0.29, 0.717) is 26.1 Å². The molecule has 0 aliphatic rings. The third kappa shape index (κ3) is 5.86. The molecule has 5 nitrogen and oxygen atoms in total. The largest absolute Gasteiger partial charge is 0.496 e. The van der Waals surface area contributed by atoms with Crippen molar-refractivity contribution in [3.05, 3.63) is 29.3 Å². The van der Waals surface area contributed by atoms with E-state index in [2.05, 4.69) is 22.1 Å². The molecule has 3 N–H and O–H groups in total. The third-order valence-corrected chi connectivity index (χ3v) is 3.05. The summed E-state index contributed by atoms with van der Waals surface area (Å²) in [6, 6.07) is 5.82. The van der Waals surface area contributed by atoms with Crippen molar-refractivity contribution < 1.29 is 9.53 Å². The second-order valence-corrected chi connectivity index (χ2v) is 4.69. The van der Waals surface area contributed by atoms with Crippen LogP contribution in [-0.4, -0.2) is 45.1 Å². The van der Waals surface area contributed by atoms with E-state index in [1.54, 1.807) is 14.2 Å². The summed E-state index contributed by atoms with van der Waals surface area (Å²) in [5.41, 5.74) is 7.34. The molecule has 1 amide bonds. The molecule has 114 valence electrons. The first kappa shape index (κ1) is 17.0. The van der Waals surface area contributed by atoms with Crippen LogP contribution >= 0.6 is 0 Å². The van der Waals surface area contributed by atoms with E-state index in [9.17, 15) is 4.79 Å². The molecule has 21 heavy (non-hydrogen) atoms. The second-order valence-electron chi connectivity index (χ2n) is 4.69. The van der Waals surface area contributed by atoms with Crippen LogP contribution in [0.25, 0.3) is 0 Å². The van der Waals surface area contributed by atoms with Crippen LogP contribution in [0.1, 0.15) is 17.5 Å². The molecule has 0 spiro atoms. The SMILES string of the molecule is CNC(=O)CCN(C)Cc1cc(C#CCN)ccc1OC. The number of nitrogens with one attached hydrogen (secondary N) is 1. The molecule has 0 fully saturated rings. The second kappa shape index (κ2) is 9.01. The maximum atomic E-state index is 11.3. The number of carbonyl (C=O) groups is 1. The Balaban J connectivity index is 2.77. The van der Waals surface area contributed by atoms with E-state index in [1.165, 1.54) is 0 Å². The van der Waals surface area contributed by atoms with Crippen LogP contribution < -0.4 is 15.8 Å². The summed E-state index contributed by atoms with van der Waals surface area (Å²) in [6.07, 6.45) is 0.474. The minimum absolute atomic E-state index is 0.0383. The smallest absolute Gasteiger partial charge is 0.221 e. The normalized spacial score (nSPS) is 9.95. The number of amides is 1. The number of carbonyl (C=O) groups excluding carboxylic acids is 1. The van der Waals surface area contributed by atoms with Gasteiger partial charge in [-0.2, -0.15) is 0 Å². The van der Waals surface area contributed by atoms with Crippen molar-refractivity contribution in [1.29, 1.82) is 0 Å². The maximum Gasteiger partial charge on any atom is 0.221 e. The standard InChI is InChI=1S/C16H23N3O2/c1-18-16(20)8-10-19(2)12-14-11-13(5-4-9-17)6-7-15(14)21-3/h6-7,11H,8-10,12,17H2,1-3H3,(H,18,20). The number of benzene rings is 1. The van der Waals surface area contributed by atoms with Crippen LogP contribution in [0.2, 0.25) is 0 Å². The van der Waals surface area contributed by atoms with Crippen molar-refractivity contribution in [2.24, 2.45) is 5.73 Å². The highest BCUT2D eigenvalue weighted by Crippen LogP contribution is 2.21. The van der Waals surface area contributed by atoms with E-state index in [1.807, 2.05) is 25.2 Å². The molecule has 0 saturated heterocycles. The Morgan fingerprint density at radius 3 is 2.86 bits per heavy atom. The zero-order chi connectivity index (χ0) is 15.7. The summed E-state index contributed by atoms with van der Waals surface area (Å²) < 4.78 is 5.37. The average molecular weight is 289 g/mol. The molecule has 0 saturated carbocycles. The molecule has 0 unspecified atom stereocenters.